The highest BCUT2D eigenvalue weighted by atomic mass is 16.5. The molecule has 0 saturated carbocycles. The number of aliphatic hydroxyl groups excluding tert-OH is 2. The van der Waals surface area contributed by atoms with Crippen LogP contribution in [0.5, 0.6) is 0 Å². The first-order valence-electron chi connectivity index (χ1n) is 37.6. The number of amides is 1. The van der Waals surface area contributed by atoms with Crippen LogP contribution < -0.4 is 5.32 Å². The molecule has 82 heavy (non-hydrogen) atoms. The maximum absolute atomic E-state index is 12.6. The molecule has 0 heterocycles. The predicted octanol–water partition coefficient (Wildman–Crippen LogP) is 24.5. The summed E-state index contributed by atoms with van der Waals surface area (Å²) >= 11 is 0. The summed E-state index contributed by atoms with van der Waals surface area (Å²) < 4.78 is 5.49. The number of hydrogen-bond acceptors (Lipinski definition) is 5. The molecule has 0 spiro atoms. The van der Waals surface area contributed by atoms with Gasteiger partial charge in [-0.25, -0.2) is 0 Å². The lowest BCUT2D eigenvalue weighted by Gasteiger charge is -2.22. The number of allylic oxidation sites excluding steroid dienone is 4. The quantitative estimate of drug-likeness (QED) is 0.0320. The van der Waals surface area contributed by atoms with E-state index >= 15 is 0 Å². The topological polar surface area (TPSA) is 95.9 Å². The fourth-order valence-electron chi connectivity index (χ4n) is 12.0. The van der Waals surface area contributed by atoms with Gasteiger partial charge in [0.15, 0.2) is 0 Å². The monoisotopic (exact) mass is 1150 g/mol. The summed E-state index contributed by atoms with van der Waals surface area (Å²) in [4.78, 5) is 24.6. The van der Waals surface area contributed by atoms with Crippen LogP contribution in [0.2, 0.25) is 0 Å². The Morgan fingerprint density at radius 2 is 0.610 bits per heavy atom. The van der Waals surface area contributed by atoms with Crippen molar-refractivity contribution < 1.29 is 24.5 Å². The Morgan fingerprint density at radius 1 is 0.341 bits per heavy atom. The second kappa shape index (κ2) is 71.8. The summed E-state index contributed by atoms with van der Waals surface area (Å²) in [6.07, 6.45) is 91.0. The van der Waals surface area contributed by atoms with Crippen molar-refractivity contribution in [2.24, 2.45) is 0 Å². The van der Waals surface area contributed by atoms with Crippen LogP contribution in [0.4, 0.5) is 0 Å². The molecule has 0 aliphatic rings. The molecule has 0 rings (SSSR count). The van der Waals surface area contributed by atoms with Crippen molar-refractivity contribution in [2.75, 3.05) is 13.2 Å². The van der Waals surface area contributed by atoms with Crippen LogP contribution in [0.1, 0.15) is 425 Å². The summed E-state index contributed by atoms with van der Waals surface area (Å²) in [5.41, 5.74) is 0. The molecule has 6 nitrogen and oxygen atoms in total. The SMILES string of the molecule is CCCCCCCCCCCCCCCCCCCCCCCCCCCC(O)C(CO)NC(=O)CCCCCCCCCCC/C=C\C/C=C\CCCCCCCCCCCOC(=O)CCCCCCCCCCCCCCCCC. The number of ether oxygens (including phenoxy) is 1. The zero-order valence-electron chi connectivity index (χ0n) is 55.8. The van der Waals surface area contributed by atoms with Gasteiger partial charge in [0, 0.05) is 12.8 Å². The second-order valence-electron chi connectivity index (χ2n) is 26.0. The van der Waals surface area contributed by atoms with E-state index in [4.69, 9.17) is 4.74 Å². The van der Waals surface area contributed by atoms with Gasteiger partial charge in [-0.1, -0.05) is 378 Å². The molecular formula is C76H147NO5. The molecule has 0 aromatic carbocycles. The van der Waals surface area contributed by atoms with Gasteiger partial charge in [-0.2, -0.15) is 0 Å². The largest absolute Gasteiger partial charge is 0.466 e. The van der Waals surface area contributed by atoms with Crippen molar-refractivity contribution in [3.8, 4) is 0 Å². The third-order valence-electron chi connectivity index (χ3n) is 17.8. The summed E-state index contributed by atoms with van der Waals surface area (Å²) in [6.45, 7) is 5.00. The normalized spacial score (nSPS) is 12.6. The van der Waals surface area contributed by atoms with Gasteiger partial charge < -0.3 is 20.3 Å². The van der Waals surface area contributed by atoms with Gasteiger partial charge in [0.1, 0.15) is 0 Å². The summed E-state index contributed by atoms with van der Waals surface area (Å²) in [7, 11) is 0. The summed E-state index contributed by atoms with van der Waals surface area (Å²) in [5, 5.41) is 23.5. The van der Waals surface area contributed by atoms with Crippen molar-refractivity contribution in [1.29, 1.82) is 0 Å². The molecule has 0 bridgehead atoms. The fourth-order valence-corrected chi connectivity index (χ4v) is 12.0. The van der Waals surface area contributed by atoms with E-state index in [9.17, 15) is 19.8 Å². The Hall–Kier alpha value is -1.66. The second-order valence-corrected chi connectivity index (χ2v) is 26.0. The first kappa shape index (κ1) is 80.3. The average molecular weight is 1160 g/mol. The van der Waals surface area contributed by atoms with E-state index in [0.29, 0.717) is 25.9 Å². The van der Waals surface area contributed by atoms with Crippen LogP contribution in [-0.4, -0.2) is 47.4 Å². The Balaban J connectivity index is 3.42. The molecular weight excluding hydrogens is 1010 g/mol. The van der Waals surface area contributed by atoms with Crippen LogP contribution in [0, 0.1) is 0 Å². The number of nitrogens with one attached hydrogen (secondary N) is 1. The summed E-state index contributed by atoms with van der Waals surface area (Å²) in [6, 6.07) is -0.548. The highest BCUT2D eigenvalue weighted by Gasteiger charge is 2.20. The molecule has 0 fully saturated rings. The van der Waals surface area contributed by atoms with E-state index in [1.165, 1.54) is 347 Å². The number of esters is 1. The molecule has 0 saturated heterocycles. The standard InChI is InChI=1S/C76H147NO5/c1-3-5-7-9-11-13-15-17-19-20-21-22-23-25-28-31-34-37-41-44-48-52-56-60-64-68-74(79)73(72-78)77-75(80)69-65-61-57-53-49-45-42-38-35-32-29-26-24-27-30-33-36-39-43-47-51-55-59-63-67-71-82-76(81)70-66-62-58-54-50-46-40-18-16-14-12-10-8-6-4-2/h26-27,29-30,73-74,78-79H,3-25,28,31-72H2,1-2H3,(H,77,80)/b29-26-,30-27-. The van der Waals surface area contributed by atoms with Gasteiger partial charge >= 0.3 is 5.97 Å². The molecule has 2 atom stereocenters. The van der Waals surface area contributed by atoms with Gasteiger partial charge in [0.05, 0.1) is 25.4 Å². The van der Waals surface area contributed by atoms with Crippen LogP contribution in [0.3, 0.4) is 0 Å². The van der Waals surface area contributed by atoms with Crippen molar-refractivity contribution in [3.05, 3.63) is 24.3 Å². The fraction of sp³-hybridized carbons (Fsp3) is 0.921. The molecule has 3 N–H and O–H groups in total. The third kappa shape index (κ3) is 67.5. The van der Waals surface area contributed by atoms with Gasteiger partial charge in [0.25, 0.3) is 0 Å². The molecule has 1 amide bonds. The predicted molar refractivity (Wildman–Crippen MR) is 361 cm³/mol. The Labute approximate surface area is 513 Å². The smallest absolute Gasteiger partial charge is 0.305 e. The van der Waals surface area contributed by atoms with E-state index in [2.05, 4.69) is 43.5 Å². The molecule has 2 unspecified atom stereocenters. The molecule has 486 valence electrons. The molecule has 6 heteroatoms. The van der Waals surface area contributed by atoms with Gasteiger partial charge in [0.2, 0.25) is 5.91 Å². The molecule has 0 aromatic rings. The van der Waals surface area contributed by atoms with Crippen LogP contribution >= 0.6 is 0 Å². The van der Waals surface area contributed by atoms with Gasteiger partial charge in [-0.15, -0.1) is 0 Å². The molecule has 0 aromatic heterocycles. The highest BCUT2D eigenvalue weighted by molar-refractivity contribution is 5.76. The van der Waals surface area contributed by atoms with Crippen LogP contribution in [0.25, 0.3) is 0 Å². The first-order valence-corrected chi connectivity index (χ1v) is 37.6. The maximum atomic E-state index is 12.6. The first-order chi connectivity index (χ1) is 40.5. The molecule has 0 radical (unpaired) electrons. The van der Waals surface area contributed by atoms with Crippen molar-refractivity contribution in [2.45, 2.75) is 437 Å². The van der Waals surface area contributed by atoms with E-state index in [1.54, 1.807) is 0 Å². The lowest BCUT2D eigenvalue weighted by molar-refractivity contribution is -0.143. The zero-order valence-corrected chi connectivity index (χ0v) is 55.8. The Bertz CT molecular complexity index is 1280. The van der Waals surface area contributed by atoms with E-state index in [0.717, 1.165) is 44.9 Å². The van der Waals surface area contributed by atoms with Gasteiger partial charge in [-0.3, -0.25) is 9.59 Å². The lowest BCUT2D eigenvalue weighted by atomic mass is 10.0. The number of hydrogen-bond donors (Lipinski definition) is 3. The number of aliphatic hydroxyl groups is 2. The van der Waals surface area contributed by atoms with E-state index < -0.39 is 12.1 Å². The van der Waals surface area contributed by atoms with Crippen molar-refractivity contribution in [1.82, 2.24) is 5.32 Å². The number of rotatable bonds is 71. The minimum atomic E-state index is -0.670. The van der Waals surface area contributed by atoms with Crippen molar-refractivity contribution >= 4 is 11.9 Å². The average Bonchev–Trinajstić information content (AvgIpc) is 3.48. The number of unbranched alkanes of at least 4 members (excludes halogenated alkanes) is 56. The Kier molecular flexibility index (Phi) is 70.4. The van der Waals surface area contributed by atoms with E-state index in [-0.39, 0.29) is 18.5 Å². The molecule has 0 aliphatic carbocycles. The van der Waals surface area contributed by atoms with Gasteiger partial charge in [-0.05, 0) is 57.8 Å². The van der Waals surface area contributed by atoms with E-state index in [1.807, 2.05) is 0 Å². The summed E-state index contributed by atoms with van der Waals surface area (Å²) in [5.74, 6) is -0.0228. The minimum absolute atomic E-state index is 0.0130. The van der Waals surface area contributed by atoms with Crippen LogP contribution in [-0.2, 0) is 14.3 Å². The highest BCUT2D eigenvalue weighted by Crippen LogP contribution is 2.19. The zero-order chi connectivity index (χ0) is 59.2. The molecule has 0 aliphatic heterocycles. The van der Waals surface area contributed by atoms with Crippen LogP contribution in [0.15, 0.2) is 24.3 Å². The number of carbonyl (C=O) groups is 2. The minimum Gasteiger partial charge on any atom is -0.466 e. The lowest BCUT2D eigenvalue weighted by Crippen LogP contribution is -2.45. The number of carbonyl (C=O) groups excluding carboxylic acids is 2. The van der Waals surface area contributed by atoms with Crippen molar-refractivity contribution in [3.63, 3.8) is 0 Å². The third-order valence-corrected chi connectivity index (χ3v) is 17.8. The Morgan fingerprint density at radius 3 is 0.927 bits per heavy atom. The maximum Gasteiger partial charge on any atom is 0.305 e.